The van der Waals surface area contributed by atoms with Crippen LogP contribution in [0.15, 0.2) is 42.5 Å². The number of ether oxygens (including phenoxy) is 2. The highest BCUT2D eigenvalue weighted by molar-refractivity contribution is 6.31. The predicted octanol–water partition coefficient (Wildman–Crippen LogP) is 3.24. The summed E-state index contributed by atoms with van der Waals surface area (Å²) in [5.41, 5.74) is 0.725. The summed E-state index contributed by atoms with van der Waals surface area (Å²) < 4.78 is 23.0. The summed E-state index contributed by atoms with van der Waals surface area (Å²) in [4.78, 5) is 34.6. The summed E-state index contributed by atoms with van der Waals surface area (Å²) in [5, 5.41) is 2.28. The van der Waals surface area contributed by atoms with Crippen molar-refractivity contribution < 1.29 is 28.2 Å². The van der Waals surface area contributed by atoms with Gasteiger partial charge >= 0.3 is 5.97 Å². The van der Waals surface area contributed by atoms with E-state index in [0.29, 0.717) is 11.3 Å². The van der Waals surface area contributed by atoms with Crippen molar-refractivity contribution in [3.63, 3.8) is 0 Å². The van der Waals surface area contributed by atoms with Crippen molar-refractivity contribution in [2.75, 3.05) is 18.5 Å². The molecule has 0 aliphatic carbocycles. The summed E-state index contributed by atoms with van der Waals surface area (Å²) >= 11 is 5.61. The highest BCUT2D eigenvalue weighted by Crippen LogP contribution is 2.19. The molecule has 0 saturated carbocycles. The first-order valence-electron chi connectivity index (χ1n) is 7.49. The van der Waals surface area contributed by atoms with Crippen molar-refractivity contribution >= 4 is 34.9 Å². The van der Waals surface area contributed by atoms with Gasteiger partial charge in [-0.05, 0) is 37.3 Å². The summed E-state index contributed by atoms with van der Waals surface area (Å²) in [6.45, 7) is 0.460. The summed E-state index contributed by atoms with van der Waals surface area (Å²) in [6.07, 6.45) is 0. The molecule has 6 nitrogen and oxygen atoms in total. The topological polar surface area (TPSA) is 81.7 Å². The van der Waals surface area contributed by atoms with Crippen molar-refractivity contribution in [2.45, 2.75) is 6.92 Å². The van der Waals surface area contributed by atoms with E-state index in [2.05, 4.69) is 5.32 Å². The van der Waals surface area contributed by atoms with E-state index < -0.39 is 30.9 Å². The fourth-order valence-corrected chi connectivity index (χ4v) is 2.09. The van der Waals surface area contributed by atoms with Gasteiger partial charge in [-0.25, -0.2) is 9.18 Å². The molecule has 0 heterocycles. The van der Waals surface area contributed by atoms with Gasteiger partial charge in [0.05, 0.1) is 5.02 Å². The van der Waals surface area contributed by atoms with Crippen molar-refractivity contribution in [3.05, 3.63) is 58.9 Å². The van der Waals surface area contributed by atoms with Crippen LogP contribution >= 0.6 is 11.6 Å². The minimum absolute atomic E-state index is 0.129. The number of ketones is 1. The van der Waals surface area contributed by atoms with Gasteiger partial charge in [-0.3, -0.25) is 9.59 Å². The molecule has 0 saturated heterocycles. The predicted molar refractivity (Wildman–Crippen MR) is 92.9 cm³/mol. The van der Waals surface area contributed by atoms with Crippen LogP contribution in [0.2, 0.25) is 5.02 Å². The van der Waals surface area contributed by atoms with E-state index in [0.717, 1.165) is 6.07 Å². The molecule has 2 aromatic rings. The van der Waals surface area contributed by atoms with Crippen molar-refractivity contribution in [2.24, 2.45) is 0 Å². The zero-order valence-electron chi connectivity index (χ0n) is 13.8. The van der Waals surface area contributed by atoms with Gasteiger partial charge in [0.1, 0.15) is 11.6 Å². The van der Waals surface area contributed by atoms with Crippen LogP contribution in [-0.4, -0.2) is 30.9 Å². The number of amides is 1. The van der Waals surface area contributed by atoms with Gasteiger partial charge in [-0.15, -0.1) is 0 Å². The van der Waals surface area contributed by atoms with Gasteiger partial charge in [-0.2, -0.15) is 0 Å². The lowest BCUT2D eigenvalue weighted by molar-refractivity contribution is -0.149. The highest BCUT2D eigenvalue weighted by Gasteiger charge is 2.10. The number of carbonyl (C=O) groups excluding carboxylic acids is 3. The van der Waals surface area contributed by atoms with Crippen LogP contribution in [0.5, 0.6) is 5.75 Å². The third-order valence-corrected chi connectivity index (χ3v) is 3.45. The van der Waals surface area contributed by atoms with E-state index in [1.807, 2.05) is 0 Å². The van der Waals surface area contributed by atoms with Crippen LogP contribution in [0.25, 0.3) is 0 Å². The number of hydrogen-bond acceptors (Lipinski definition) is 5. The van der Waals surface area contributed by atoms with Crippen molar-refractivity contribution in [1.29, 1.82) is 0 Å². The Balaban J connectivity index is 1.77. The Kier molecular flexibility index (Phi) is 6.68. The lowest BCUT2D eigenvalue weighted by Gasteiger charge is -2.09. The number of nitrogens with one attached hydrogen (secondary N) is 1. The second kappa shape index (κ2) is 8.96. The number of esters is 1. The fourth-order valence-electron chi connectivity index (χ4n) is 1.91. The standard InChI is InChI=1S/C18H15ClFNO5/c1-11(22)12-3-2-4-14(7-12)25-10-18(24)26-9-17(23)21-13-5-6-16(20)15(19)8-13/h2-8H,9-10H2,1H3,(H,21,23). The second-order valence-electron chi connectivity index (χ2n) is 5.21. The van der Waals surface area contributed by atoms with E-state index in [-0.39, 0.29) is 16.5 Å². The molecule has 1 amide bonds. The molecule has 0 radical (unpaired) electrons. The van der Waals surface area contributed by atoms with E-state index >= 15 is 0 Å². The normalized spacial score (nSPS) is 10.1. The Morgan fingerprint density at radius 1 is 1.12 bits per heavy atom. The molecule has 0 aliphatic rings. The van der Waals surface area contributed by atoms with Gasteiger partial charge in [0.2, 0.25) is 0 Å². The molecule has 136 valence electrons. The largest absolute Gasteiger partial charge is 0.482 e. The third kappa shape index (κ3) is 5.86. The first-order valence-corrected chi connectivity index (χ1v) is 7.87. The average Bonchev–Trinajstić information content (AvgIpc) is 2.61. The molecule has 8 heteroatoms. The number of Topliss-reactive ketones (excluding diaryl/α,β-unsaturated/α-hetero) is 1. The highest BCUT2D eigenvalue weighted by atomic mass is 35.5. The van der Waals surface area contributed by atoms with Gasteiger partial charge in [0, 0.05) is 11.3 Å². The van der Waals surface area contributed by atoms with Crippen LogP contribution in [0, 0.1) is 5.82 Å². The number of hydrogen-bond donors (Lipinski definition) is 1. The molecule has 1 N–H and O–H groups in total. The molecule has 2 aromatic carbocycles. The monoisotopic (exact) mass is 379 g/mol. The number of benzene rings is 2. The summed E-state index contributed by atoms with van der Waals surface area (Å²) in [5.74, 6) is -1.78. The Morgan fingerprint density at radius 3 is 2.58 bits per heavy atom. The van der Waals surface area contributed by atoms with Crippen LogP contribution in [0.3, 0.4) is 0 Å². The summed E-state index contributed by atoms with van der Waals surface area (Å²) in [7, 11) is 0. The molecule has 0 spiro atoms. The zero-order valence-corrected chi connectivity index (χ0v) is 14.5. The first-order chi connectivity index (χ1) is 12.3. The smallest absolute Gasteiger partial charge is 0.344 e. The lowest BCUT2D eigenvalue weighted by Crippen LogP contribution is -2.23. The molecular weight excluding hydrogens is 365 g/mol. The van der Waals surface area contributed by atoms with E-state index in [9.17, 15) is 18.8 Å². The van der Waals surface area contributed by atoms with Gasteiger partial charge < -0.3 is 14.8 Å². The molecule has 0 atom stereocenters. The van der Waals surface area contributed by atoms with Gasteiger partial charge in [-0.1, -0.05) is 23.7 Å². The molecule has 2 rings (SSSR count). The Morgan fingerprint density at radius 2 is 1.88 bits per heavy atom. The second-order valence-corrected chi connectivity index (χ2v) is 5.62. The molecule has 0 aromatic heterocycles. The number of carbonyl (C=O) groups is 3. The maximum absolute atomic E-state index is 13.0. The average molecular weight is 380 g/mol. The fraction of sp³-hybridized carbons (Fsp3) is 0.167. The molecule has 0 bridgehead atoms. The number of anilines is 1. The Hall–Kier alpha value is -2.93. The molecule has 26 heavy (non-hydrogen) atoms. The number of rotatable bonds is 7. The van der Waals surface area contributed by atoms with E-state index in [4.69, 9.17) is 21.1 Å². The zero-order chi connectivity index (χ0) is 19.1. The third-order valence-electron chi connectivity index (χ3n) is 3.16. The number of halogens is 2. The Bertz CT molecular complexity index is 840. The first kappa shape index (κ1) is 19.4. The van der Waals surface area contributed by atoms with Crippen molar-refractivity contribution in [3.8, 4) is 5.75 Å². The quantitative estimate of drug-likeness (QED) is 0.590. The van der Waals surface area contributed by atoms with Crippen LogP contribution in [0.4, 0.5) is 10.1 Å². The lowest BCUT2D eigenvalue weighted by atomic mass is 10.1. The van der Waals surface area contributed by atoms with Gasteiger partial charge in [0.25, 0.3) is 5.91 Å². The minimum Gasteiger partial charge on any atom is -0.482 e. The van der Waals surface area contributed by atoms with Crippen LogP contribution in [-0.2, 0) is 14.3 Å². The minimum atomic E-state index is -0.759. The van der Waals surface area contributed by atoms with E-state index in [1.165, 1.54) is 25.1 Å². The maximum atomic E-state index is 13.0. The maximum Gasteiger partial charge on any atom is 0.344 e. The van der Waals surface area contributed by atoms with Crippen LogP contribution in [0.1, 0.15) is 17.3 Å². The van der Waals surface area contributed by atoms with Crippen LogP contribution < -0.4 is 10.1 Å². The molecule has 0 unspecified atom stereocenters. The van der Waals surface area contributed by atoms with Gasteiger partial charge in [0.15, 0.2) is 19.0 Å². The van der Waals surface area contributed by atoms with E-state index in [1.54, 1.807) is 18.2 Å². The molecule has 0 aliphatic heterocycles. The summed E-state index contributed by atoms with van der Waals surface area (Å²) in [6, 6.07) is 10.0. The SMILES string of the molecule is CC(=O)c1cccc(OCC(=O)OCC(=O)Nc2ccc(F)c(Cl)c2)c1. The van der Waals surface area contributed by atoms with Crippen molar-refractivity contribution in [1.82, 2.24) is 0 Å². The Labute approximate surface area is 153 Å². The molecule has 0 fully saturated rings. The molecular formula is C18H15ClFNO5.